The van der Waals surface area contributed by atoms with Gasteiger partial charge in [-0.1, -0.05) is 13.8 Å². The van der Waals surface area contributed by atoms with E-state index in [1.807, 2.05) is 11.3 Å². The molecule has 0 aliphatic rings. The zero-order chi connectivity index (χ0) is 17.4. The van der Waals surface area contributed by atoms with Crippen LogP contribution < -0.4 is 10.6 Å². The van der Waals surface area contributed by atoms with E-state index in [4.69, 9.17) is 0 Å². The molecule has 0 bridgehead atoms. The summed E-state index contributed by atoms with van der Waals surface area (Å²) in [5, 5.41) is 6.71. The molecule has 1 amide bonds. The summed E-state index contributed by atoms with van der Waals surface area (Å²) >= 11 is 1.82. The molecule has 24 heavy (non-hydrogen) atoms. The highest BCUT2D eigenvalue weighted by molar-refractivity contribution is 14.0. The third kappa shape index (κ3) is 9.46. The van der Waals surface area contributed by atoms with E-state index in [9.17, 15) is 4.79 Å². The molecule has 138 valence electrons. The number of carbonyl (C=O) groups is 1. The van der Waals surface area contributed by atoms with Crippen molar-refractivity contribution in [2.24, 2.45) is 10.9 Å². The molecule has 0 fully saturated rings. The molecule has 1 aromatic rings. The van der Waals surface area contributed by atoms with Gasteiger partial charge in [0, 0.05) is 42.9 Å². The Morgan fingerprint density at radius 1 is 1.29 bits per heavy atom. The lowest BCUT2D eigenvalue weighted by atomic mass is 10.2. The highest BCUT2D eigenvalue weighted by Gasteiger charge is 2.10. The number of guanidine groups is 1. The number of likely N-dealkylation sites (N-methyl/N-ethyl adjacent to an activating group) is 1. The molecule has 1 rings (SSSR count). The van der Waals surface area contributed by atoms with Crippen LogP contribution in [0.2, 0.25) is 0 Å². The number of rotatable bonds is 7. The number of aliphatic imine (C=N–C) groups is 1. The molecule has 2 N–H and O–H groups in total. The second-order valence-corrected chi connectivity index (χ2v) is 7.86. The summed E-state index contributed by atoms with van der Waals surface area (Å²) in [6.07, 6.45) is 0.947. The van der Waals surface area contributed by atoms with Gasteiger partial charge >= 0.3 is 0 Å². The molecule has 0 aromatic carbocycles. The van der Waals surface area contributed by atoms with Crippen LogP contribution in [0.15, 0.2) is 17.1 Å². The van der Waals surface area contributed by atoms with Gasteiger partial charge in [0.2, 0.25) is 5.91 Å². The van der Waals surface area contributed by atoms with Crippen LogP contribution in [0, 0.1) is 12.8 Å². The van der Waals surface area contributed by atoms with Crippen LogP contribution in [0.4, 0.5) is 0 Å². The van der Waals surface area contributed by atoms with Crippen LogP contribution in [0.1, 0.15) is 30.5 Å². The van der Waals surface area contributed by atoms with Crippen molar-refractivity contribution < 1.29 is 4.79 Å². The Kier molecular flexibility index (Phi) is 11.3. The second kappa shape index (κ2) is 11.7. The summed E-state index contributed by atoms with van der Waals surface area (Å²) in [7, 11) is 3.49. The summed E-state index contributed by atoms with van der Waals surface area (Å²) in [5.41, 5.74) is 0. The quantitative estimate of drug-likeness (QED) is 0.369. The first-order valence-corrected chi connectivity index (χ1v) is 8.90. The van der Waals surface area contributed by atoms with Gasteiger partial charge in [0.15, 0.2) is 5.96 Å². The predicted octanol–water partition coefficient (Wildman–Crippen LogP) is 2.88. The summed E-state index contributed by atoms with van der Waals surface area (Å²) in [5.74, 6) is 1.22. The average Bonchev–Trinajstić information content (AvgIpc) is 2.86. The van der Waals surface area contributed by atoms with E-state index in [1.165, 1.54) is 9.75 Å². The minimum atomic E-state index is -0.00261. The van der Waals surface area contributed by atoms with Gasteiger partial charge in [-0.2, -0.15) is 0 Å². The van der Waals surface area contributed by atoms with Gasteiger partial charge in [-0.3, -0.25) is 4.79 Å². The SMILES string of the molecule is Cc1ccc(CC(C)NC(=NCC(=O)N(C)C)NCC(C)C)s1.I. The summed E-state index contributed by atoms with van der Waals surface area (Å²) in [6, 6.07) is 4.57. The van der Waals surface area contributed by atoms with E-state index < -0.39 is 0 Å². The Morgan fingerprint density at radius 2 is 1.96 bits per heavy atom. The van der Waals surface area contributed by atoms with Gasteiger partial charge in [-0.15, -0.1) is 35.3 Å². The van der Waals surface area contributed by atoms with E-state index in [0.29, 0.717) is 11.9 Å². The van der Waals surface area contributed by atoms with Crippen LogP contribution >= 0.6 is 35.3 Å². The molecule has 0 radical (unpaired) electrons. The number of halogens is 1. The maximum atomic E-state index is 11.7. The largest absolute Gasteiger partial charge is 0.356 e. The lowest BCUT2D eigenvalue weighted by molar-refractivity contribution is -0.127. The Morgan fingerprint density at radius 3 is 2.46 bits per heavy atom. The summed E-state index contributed by atoms with van der Waals surface area (Å²) in [6.45, 7) is 9.53. The fourth-order valence-corrected chi connectivity index (χ4v) is 2.94. The Labute approximate surface area is 167 Å². The molecule has 1 aromatic heterocycles. The third-order valence-corrected chi connectivity index (χ3v) is 4.26. The van der Waals surface area contributed by atoms with Crippen LogP contribution in [-0.2, 0) is 11.2 Å². The fourth-order valence-electron chi connectivity index (χ4n) is 1.92. The van der Waals surface area contributed by atoms with Crippen molar-refractivity contribution in [2.75, 3.05) is 27.2 Å². The first kappa shape index (κ1) is 23.2. The molecule has 0 saturated heterocycles. The molecule has 1 atom stereocenters. The van der Waals surface area contributed by atoms with Crippen LogP contribution in [0.25, 0.3) is 0 Å². The molecule has 0 aliphatic heterocycles. The maximum absolute atomic E-state index is 11.7. The van der Waals surface area contributed by atoms with E-state index in [-0.39, 0.29) is 42.5 Å². The third-order valence-electron chi connectivity index (χ3n) is 3.24. The molecular formula is C17H31IN4OS. The predicted molar refractivity (Wildman–Crippen MR) is 115 cm³/mol. The number of thiophene rings is 1. The van der Waals surface area contributed by atoms with Gasteiger partial charge < -0.3 is 15.5 Å². The van der Waals surface area contributed by atoms with Gasteiger partial charge in [0.05, 0.1) is 0 Å². The molecule has 0 spiro atoms. The lowest BCUT2D eigenvalue weighted by Gasteiger charge is -2.19. The molecule has 7 heteroatoms. The number of hydrogen-bond donors (Lipinski definition) is 2. The molecule has 5 nitrogen and oxygen atoms in total. The number of aryl methyl sites for hydroxylation is 1. The van der Waals surface area contributed by atoms with Crippen molar-refractivity contribution in [2.45, 2.75) is 40.2 Å². The Hall–Kier alpha value is -0.830. The van der Waals surface area contributed by atoms with Crippen LogP contribution in [-0.4, -0.2) is 50.0 Å². The van der Waals surface area contributed by atoms with E-state index >= 15 is 0 Å². The van der Waals surface area contributed by atoms with Crippen molar-refractivity contribution in [1.29, 1.82) is 0 Å². The lowest BCUT2D eigenvalue weighted by Crippen LogP contribution is -2.44. The highest BCUT2D eigenvalue weighted by Crippen LogP contribution is 2.16. The summed E-state index contributed by atoms with van der Waals surface area (Å²) < 4.78 is 0. The standard InChI is InChI=1S/C17H30N4OS.HI/c1-12(2)10-18-17(19-11-16(22)21(5)6)20-13(3)9-15-8-7-14(4)23-15;/h7-8,12-13H,9-11H2,1-6H3,(H2,18,19,20);1H. The number of nitrogens with zero attached hydrogens (tertiary/aromatic N) is 2. The number of hydrogen-bond acceptors (Lipinski definition) is 3. The van der Waals surface area contributed by atoms with Crippen molar-refractivity contribution in [3.05, 3.63) is 21.9 Å². The zero-order valence-electron chi connectivity index (χ0n) is 15.5. The minimum absolute atomic E-state index is 0. The zero-order valence-corrected chi connectivity index (χ0v) is 18.7. The van der Waals surface area contributed by atoms with Gasteiger partial charge in [-0.25, -0.2) is 4.99 Å². The molecular weight excluding hydrogens is 435 g/mol. The minimum Gasteiger partial charge on any atom is -0.356 e. The number of carbonyl (C=O) groups excluding carboxylic acids is 1. The molecule has 1 heterocycles. The van der Waals surface area contributed by atoms with Crippen molar-refractivity contribution in [1.82, 2.24) is 15.5 Å². The maximum Gasteiger partial charge on any atom is 0.243 e. The monoisotopic (exact) mass is 466 g/mol. The number of nitrogens with one attached hydrogen (secondary N) is 2. The van der Waals surface area contributed by atoms with E-state index in [1.54, 1.807) is 19.0 Å². The van der Waals surface area contributed by atoms with Crippen molar-refractivity contribution in [3.63, 3.8) is 0 Å². The highest BCUT2D eigenvalue weighted by atomic mass is 127. The first-order valence-electron chi connectivity index (χ1n) is 8.08. The van der Waals surface area contributed by atoms with Crippen molar-refractivity contribution in [3.8, 4) is 0 Å². The van der Waals surface area contributed by atoms with Crippen LogP contribution in [0.5, 0.6) is 0 Å². The van der Waals surface area contributed by atoms with Crippen molar-refractivity contribution >= 4 is 47.2 Å². The van der Waals surface area contributed by atoms with E-state index in [2.05, 4.69) is 55.5 Å². The van der Waals surface area contributed by atoms with Gasteiger partial charge in [0.1, 0.15) is 6.54 Å². The Balaban J connectivity index is 0.00000529. The fraction of sp³-hybridized carbons (Fsp3) is 0.647. The Bertz CT molecular complexity index is 528. The normalized spacial score (nSPS) is 12.5. The molecule has 1 unspecified atom stereocenters. The molecule has 0 aliphatic carbocycles. The summed E-state index contributed by atoms with van der Waals surface area (Å²) in [4.78, 5) is 20.4. The average molecular weight is 466 g/mol. The van der Waals surface area contributed by atoms with Crippen LogP contribution in [0.3, 0.4) is 0 Å². The smallest absolute Gasteiger partial charge is 0.243 e. The van der Waals surface area contributed by atoms with Gasteiger partial charge in [0.25, 0.3) is 0 Å². The molecule has 0 saturated carbocycles. The van der Waals surface area contributed by atoms with Gasteiger partial charge in [-0.05, 0) is 31.9 Å². The first-order chi connectivity index (χ1) is 10.8. The second-order valence-electron chi connectivity index (χ2n) is 6.49. The van der Waals surface area contributed by atoms with E-state index in [0.717, 1.165) is 13.0 Å². The topological polar surface area (TPSA) is 56.7 Å². The number of amides is 1.